The van der Waals surface area contributed by atoms with Gasteiger partial charge in [-0.3, -0.25) is 4.79 Å². The second-order valence-electron chi connectivity index (χ2n) is 5.34. The zero-order chi connectivity index (χ0) is 18.6. The van der Waals surface area contributed by atoms with Crippen LogP contribution in [0.1, 0.15) is 34.3 Å². The monoisotopic (exact) mass is 366 g/mol. The van der Waals surface area contributed by atoms with E-state index >= 15 is 0 Å². The number of amides is 1. The summed E-state index contributed by atoms with van der Waals surface area (Å²) in [4.78, 5) is 24.2. The maximum Gasteiger partial charge on any atom is 0.344 e. The zero-order valence-corrected chi connectivity index (χ0v) is 15.2. The van der Waals surface area contributed by atoms with E-state index in [1.807, 2.05) is 6.92 Å². The molecule has 0 bridgehead atoms. The number of ether oxygens (including phenoxy) is 2. The van der Waals surface area contributed by atoms with Gasteiger partial charge < -0.3 is 19.3 Å². The number of nitrogens with one attached hydrogen (secondary N) is 1. The summed E-state index contributed by atoms with van der Waals surface area (Å²) in [7, 11) is 1.47. The maximum absolute atomic E-state index is 12.1. The number of halogens is 1. The van der Waals surface area contributed by atoms with Gasteiger partial charge in [0.1, 0.15) is 17.1 Å². The number of carbonyl (C=O) groups is 2. The van der Waals surface area contributed by atoms with E-state index < -0.39 is 18.5 Å². The van der Waals surface area contributed by atoms with Gasteiger partial charge in [-0.15, -0.1) is 0 Å². The second-order valence-corrected chi connectivity index (χ2v) is 5.75. The van der Waals surface area contributed by atoms with Crippen molar-refractivity contribution in [2.24, 2.45) is 0 Å². The van der Waals surface area contributed by atoms with Crippen molar-refractivity contribution >= 4 is 29.2 Å². The fourth-order valence-electron chi connectivity index (χ4n) is 2.24. The van der Waals surface area contributed by atoms with Crippen molar-refractivity contribution in [2.75, 3.05) is 19.0 Å². The summed E-state index contributed by atoms with van der Waals surface area (Å²) < 4.78 is 15.2. The molecule has 0 aliphatic heterocycles. The van der Waals surface area contributed by atoms with Crippen LogP contribution in [0.4, 0.5) is 5.69 Å². The van der Waals surface area contributed by atoms with Crippen molar-refractivity contribution in [1.82, 2.24) is 5.16 Å². The highest BCUT2D eigenvalue weighted by atomic mass is 35.5. The zero-order valence-electron chi connectivity index (χ0n) is 14.4. The highest BCUT2D eigenvalue weighted by molar-refractivity contribution is 6.31. The molecule has 8 heteroatoms. The SMILES string of the molecule is CCc1noc(C)c1C(=O)OCC(=O)Nc1cc(C)c(Cl)cc1OC. The van der Waals surface area contributed by atoms with Gasteiger partial charge in [0, 0.05) is 11.1 Å². The molecule has 0 saturated heterocycles. The van der Waals surface area contributed by atoms with E-state index in [1.165, 1.54) is 7.11 Å². The van der Waals surface area contributed by atoms with E-state index in [1.54, 1.807) is 26.0 Å². The van der Waals surface area contributed by atoms with Crippen LogP contribution in [0, 0.1) is 13.8 Å². The molecule has 0 aliphatic carbocycles. The van der Waals surface area contributed by atoms with Crippen molar-refractivity contribution in [1.29, 1.82) is 0 Å². The Hall–Kier alpha value is -2.54. The summed E-state index contributed by atoms with van der Waals surface area (Å²) in [5.74, 6) is -0.374. The molecular weight excluding hydrogens is 348 g/mol. The van der Waals surface area contributed by atoms with Crippen LogP contribution in [-0.2, 0) is 16.0 Å². The van der Waals surface area contributed by atoms with Crippen LogP contribution in [0.3, 0.4) is 0 Å². The first-order valence-electron chi connectivity index (χ1n) is 7.63. The maximum atomic E-state index is 12.1. The predicted molar refractivity (Wildman–Crippen MR) is 92.3 cm³/mol. The molecule has 0 aliphatic rings. The van der Waals surface area contributed by atoms with E-state index in [9.17, 15) is 9.59 Å². The topological polar surface area (TPSA) is 90.7 Å². The van der Waals surface area contributed by atoms with Gasteiger partial charge >= 0.3 is 5.97 Å². The molecule has 25 heavy (non-hydrogen) atoms. The molecule has 1 amide bonds. The molecule has 0 unspecified atom stereocenters. The molecule has 0 atom stereocenters. The molecule has 0 fully saturated rings. The van der Waals surface area contributed by atoms with Crippen molar-refractivity contribution in [3.05, 3.63) is 39.7 Å². The van der Waals surface area contributed by atoms with Crippen LogP contribution in [0.25, 0.3) is 0 Å². The Morgan fingerprint density at radius 3 is 2.68 bits per heavy atom. The number of methoxy groups -OCH3 is 1. The minimum absolute atomic E-state index is 0.259. The minimum atomic E-state index is -0.648. The van der Waals surface area contributed by atoms with E-state index in [-0.39, 0.29) is 5.56 Å². The summed E-state index contributed by atoms with van der Waals surface area (Å²) in [5.41, 5.74) is 1.98. The molecule has 1 aromatic heterocycles. The highest BCUT2D eigenvalue weighted by Gasteiger charge is 2.21. The predicted octanol–water partition coefficient (Wildman–Crippen LogP) is 3.31. The highest BCUT2D eigenvalue weighted by Crippen LogP contribution is 2.30. The van der Waals surface area contributed by atoms with E-state index in [0.717, 1.165) is 5.56 Å². The first-order chi connectivity index (χ1) is 11.9. The van der Waals surface area contributed by atoms with E-state index in [4.69, 9.17) is 25.6 Å². The molecule has 2 aromatic rings. The van der Waals surface area contributed by atoms with Crippen LogP contribution in [-0.4, -0.2) is 30.7 Å². The van der Waals surface area contributed by atoms with Gasteiger partial charge in [0.15, 0.2) is 6.61 Å². The lowest BCUT2D eigenvalue weighted by molar-refractivity contribution is -0.119. The molecule has 134 valence electrons. The van der Waals surface area contributed by atoms with Crippen molar-refractivity contribution in [2.45, 2.75) is 27.2 Å². The average molecular weight is 367 g/mol. The fraction of sp³-hybridized carbons (Fsp3) is 0.353. The largest absolute Gasteiger partial charge is 0.495 e. The van der Waals surface area contributed by atoms with Gasteiger partial charge in [0.25, 0.3) is 5.91 Å². The lowest BCUT2D eigenvalue weighted by Crippen LogP contribution is -2.22. The Bertz CT molecular complexity index is 801. The van der Waals surface area contributed by atoms with Gasteiger partial charge in [-0.05, 0) is 31.9 Å². The molecule has 0 saturated carbocycles. The Labute approximate surface area is 150 Å². The summed E-state index contributed by atoms with van der Waals surface area (Å²) in [6.07, 6.45) is 0.523. The number of anilines is 1. The Morgan fingerprint density at radius 1 is 1.32 bits per heavy atom. The van der Waals surface area contributed by atoms with Crippen LogP contribution < -0.4 is 10.1 Å². The third-order valence-electron chi connectivity index (χ3n) is 3.56. The molecular formula is C17H19ClN2O5. The summed E-state index contributed by atoms with van der Waals surface area (Å²) in [6, 6.07) is 3.28. The molecule has 1 N–H and O–H groups in total. The molecule has 1 aromatic carbocycles. The number of benzene rings is 1. The van der Waals surface area contributed by atoms with Crippen molar-refractivity contribution in [3.8, 4) is 5.75 Å². The number of aromatic nitrogens is 1. The first kappa shape index (κ1) is 18.8. The van der Waals surface area contributed by atoms with Gasteiger partial charge in [0.05, 0.1) is 18.5 Å². The number of carbonyl (C=O) groups excluding carboxylic acids is 2. The third-order valence-corrected chi connectivity index (χ3v) is 3.97. The quantitative estimate of drug-likeness (QED) is 0.789. The normalized spacial score (nSPS) is 10.4. The minimum Gasteiger partial charge on any atom is -0.495 e. The number of rotatable bonds is 6. The Morgan fingerprint density at radius 2 is 2.04 bits per heavy atom. The van der Waals surface area contributed by atoms with Gasteiger partial charge in [-0.2, -0.15) is 0 Å². The number of nitrogens with zero attached hydrogens (tertiary/aromatic N) is 1. The molecule has 2 rings (SSSR count). The van der Waals surface area contributed by atoms with Gasteiger partial charge in [-0.1, -0.05) is 23.7 Å². The lowest BCUT2D eigenvalue weighted by Gasteiger charge is -2.12. The summed E-state index contributed by atoms with van der Waals surface area (Å²) in [5, 5.41) is 6.94. The molecule has 7 nitrogen and oxygen atoms in total. The molecule has 0 spiro atoms. The van der Waals surface area contributed by atoms with Crippen LogP contribution >= 0.6 is 11.6 Å². The molecule has 1 heterocycles. The Balaban J connectivity index is 2.03. The third kappa shape index (κ3) is 4.30. The second kappa shape index (κ2) is 8.02. The van der Waals surface area contributed by atoms with Gasteiger partial charge in [-0.25, -0.2) is 4.79 Å². The number of hydrogen-bond acceptors (Lipinski definition) is 6. The number of esters is 1. The van der Waals surface area contributed by atoms with Crippen LogP contribution in [0.15, 0.2) is 16.7 Å². The summed E-state index contributed by atoms with van der Waals surface area (Å²) >= 11 is 6.03. The molecule has 0 radical (unpaired) electrons. The van der Waals surface area contributed by atoms with Crippen LogP contribution in [0.2, 0.25) is 5.02 Å². The number of aryl methyl sites for hydroxylation is 3. The fourth-order valence-corrected chi connectivity index (χ4v) is 2.39. The lowest BCUT2D eigenvalue weighted by atomic mass is 10.1. The number of hydrogen-bond donors (Lipinski definition) is 1. The smallest absolute Gasteiger partial charge is 0.344 e. The standard InChI is InChI=1S/C17H19ClN2O5/c1-5-12-16(10(3)25-20-12)17(22)24-8-15(21)19-13-6-9(2)11(18)7-14(13)23-4/h6-7H,5,8H2,1-4H3,(H,19,21). The van der Waals surface area contributed by atoms with Gasteiger partial charge in [0.2, 0.25) is 0 Å². The first-order valence-corrected chi connectivity index (χ1v) is 8.01. The van der Waals surface area contributed by atoms with E-state index in [0.29, 0.717) is 34.3 Å². The van der Waals surface area contributed by atoms with Crippen molar-refractivity contribution in [3.63, 3.8) is 0 Å². The van der Waals surface area contributed by atoms with E-state index in [2.05, 4.69) is 10.5 Å². The van der Waals surface area contributed by atoms with Crippen molar-refractivity contribution < 1.29 is 23.6 Å². The summed E-state index contributed by atoms with van der Waals surface area (Å²) in [6.45, 7) is 4.82. The average Bonchev–Trinajstić information content (AvgIpc) is 2.96. The Kier molecular flexibility index (Phi) is 6.03. The van der Waals surface area contributed by atoms with Crippen LogP contribution in [0.5, 0.6) is 5.75 Å².